The molecule has 0 unspecified atom stereocenters. The van der Waals surface area contributed by atoms with Crippen molar-refractivity contribution >= 4 is 10.0 Å². The van der Waals surface area contributed by atoms with Gasteiger partial charge in [0.15, 0.2) is 0 Å². The summed E-state index contributed by atoms with van der Waals surface area (Å²) in [6, 6.07) is 1.73. The van der Waals surface area contributed by atoms with Crippen molar-refractivity contribution in [3.8, 4) is 0 Å². The van der Waals surface area contributed by atoms with Crippen molar-refractivity contribution in [2.75, 3.05) is 33.4 Å². The van der Waals surface area contributed by atoms with E-state index in [2.05, 4.69) is 5.32 Å². The van der Waals surface area contributed by atoms with Gasteiger partial charge in [0.2, 0.25) is 10.0 Å². The zero-order chi connectivity index (χ0) is 13.9. The Morgan fingerprint density at radius 3 is 2.89 bits per heavy atom. The number of rotatable bonds is 4. The number of hydrogen-bond acceptors (Lipinski definition) is 4. The molecule has 0 bridgehead atoms. The van der Waals surface area contributed by atoms with Crippen LogP contribution in [-0.4, -0.2) is 50.6 Å². The van der Waals surface area contributed by atoms with Gasteiger partial charge in [-0.05, 0) is 19.5 Å². The molecule has 0 amide bonds. The van der Waals surface area contributed by atoms with Crippen LogP contribution in [0.5, 0.6) is 0 Å². The molecule has 6 nitrogen and oxygen atoms in total. The van der Waals surface area contributed by atoms with E-state index in [9.17, 15) is 8.42 Å². The predicted octanol–water partition coefficient (Wildman–Crippen LogP) is 0.156. The fourth-order valence-electron chi connectivity index (χ4n) is 2.19. The van der Waals surface area contributed by atoms with Crippen molar-refractivity contribution in [3.63, 3.8) is 0 Å². The van der Waals surface area contributed by atoms with E-state index in [0.717, 1.165) is 12.1 Å². The van der Waals surface area contributed by atoms with Gasteiger partial charge >= 0.3 is 0 Å². The summed E-state index contributed by atoms with van der Waals surface area (Å²) >= 11 is 0. The van der Waals surface area contributed by atoms with Crippen molar-refractivity contribution in [1.82, 2.24) is 14.2 Å². The first-order valence-electron chi connectivity index (χ1n) is 6.43. The van der Waals surface area contributed by atoms with Gasteiger partial charge in [0, 0.05) is 45.2 Å². The highest BCUT2D eigenvalue weighted by Crippen LogP contribution is 2.19. The Labute approximate surface area is 114 Å². The predicted molar refractivity (Wildman–Crippen MR) is 72.4 cm³/mol. The minimum atomic E-state index is -3.40. The SMILES string of the molecule is CNCc1cc(S(=O)(=O)N2CCCOCC2)cn1C. The molecule has 7 heteroatoms. The Bertz CT molecular complexity index is 516. The van der Waals surface area contributed by atoms with E-state index >= 15 is 0 Å². The van der Waals surface area contributed by atoms with Gasteiger partial charge in [0.1, 0.15) is 4.90 Å². The molecular formula is C12H21N3O3S. The van der Waals surface area contributed by atoms with Crippen LogP contribution in [0.4, 0.5) is 0 Å². The Balaban J connectivity index is 2.25. The van der Waals surface area contributed by atoms with Gasteiger partial charge in [-0.25, -0.2) is 8.42 Å². The van der Waals surface area contributed by atoms with Gasteiger partial charge in [-0.15, -0.1) is 0 Å². The van der Waals surface area contributed by atoms with Crippen LogP contribution < -0.4 is 5.32 Å². The third-order valence-electron chi connectivity index (χ3n) is 3.26. The second-order valence-corrected chi connectivity index (χ2v) is 6.62. The second kappa shape index (κ2) is 6.04. The number of nitrogens with one attached hydrogen (secondary N) is 1. The topological polar surface area (TPSA) is 63.6 Å². The van der Waals surface area contributed by atoms with Gasteiger partial charge in [0.05, 0.1) is 6.61 Å². The van der Waals surface area contributed by atoms with Gasteiger partial charge in [0.25, 0.3) is 0 Å². The number of sulfonamides is 1. The molecular weight excluding hydrogens is 266 g/mol. The molecule has 1 aromatic rings. The Kier molecular flexibility index (Phi) is 4.62. The molecule has 0 spiro atoms. The highest BCUT2D eigenvalue weighted by Gasteiger charge is 2.26. The highest BCUT2D eigenvalue weighted by molar-refractivity contribution is 7.89. The lowest BCUT2D eigenvalue weighted by Crippen LogP contribution is -2.33. The number of aromatic nitrogens is 1. The molecule has 108 valence electrons. The van der Waals surface area contributed by atoms with E-state index in [-0.39, 0.29) is 0 Å². The van der Waals surface area contributed by atoms with Gasteiger partial charge in [-0.3, -0.25) is 0 Å². The zero-order valence-electron chi connectivity index (χ0n) is 11.4. The molecule has 1 aliphatic heterocycles. The van der Waals surface area contributed by atoms with Crippen molar-refractivity contribution in [3.05, 3.63) is 18.0 Å². The summed E-state index contributed by atoms with van der Waals surface area (Å²) in [6.45, 7) is 2.70. The second-order valence-electron chi connectivity index (χ2n) is 4.68. The first-order chi connectivity index (χ1) is 9.05. The third-order valence-corrected chi connectivity index (χ3v) is 5.12. The summed E-state index contributed by atoms with van der Waals surface area (Å²) < 4.78 is 33.8. The maximum Gasteiger partial charge on any atom is 0.244 e. The average molecular weight is 287 g/mol. The Morgan fingerprint density at radius 1 is 1.37 bits per heavy atom. The summed E-state index contributed by atoms with van der Waals surface area (Å²) in [6.07, 6.45) is 2.42. The van der Waals surface area contributed by atoms with E-state index in [1.54, 1.807) is 12.3 Å². The molecule has 2 heterocycles. The van der Waals surface area contributed by atoms with Crippen LogP contribution in [0.3, 0.4) is 0 Å². The van der Waals surface area contributed by atoms with E-state index in [4.69, 9.17) is 4.74 Å². The molecule has 1 N–H and O–H groups in total. The maximum absolute atomic E-state index is 12.5. The summed E-state index contributed by atoms with van der Waals surface area (Å²) in [4.78, 5) is 0.363. The normalized spacial score (nSPS) is 18.4. The molecule has 19 heavy (non-hydrogen) atoms. The maximum atomic E-state index is 12.5. The van der Waals surface area contributed by atoms with Crippen LogP contribution in [0.2, 0.25) is 0 Å². The van der Waals surface area contributed by atoms with Gasteiger partial charge in [-0.2, -0.15) is 4.31 Å². The fraction of sp³-hybridized carbons (Fsp3) is 0.667. The number of aryl methyl sites for hydroxylation is 1. The fourth-order valence-corrected chi connectivity index (χ4v) is 3.75. The molecule has 0 saturated carbocycles. The minimum absolute atomic E-state index is 0.363. The summed E-state index contributed by atoms with van der Waals surface area (Å²) in [5.74, 6) is 0. The van der Waals surface area contributed by atoms with Gasteiger partial charge in [-0.1, -0.05) is 0 Å². The lowest BCUT2D eigenvalue weighted by Gasteiger charge is -2.18. The number of hydrogen-bond donors (Lipinski definition) is 1. The standard InChI is InChI=1S/C12H21N3O3S/c1-13-9-11-8-12(10-14(11)2)19(16,17)15-4-3-6-18-7-5-15/h8,10,13H,3-7,9H2,1-2H3. The summed E-state index contributed by atoms with van der Waals surface area (Å²) in [7, 11) is 0.298. The largest absolute Gasteiger partial charge is 0.380 e. The number of ether oxygens (including phenoxy) is 1. The van der Waals surface area contributed by atoms with Gasteiger partial charge < -0.3 is 14.6 Å². The van der Waals surface area contributed by atoms with E-state index in [0.29, 0.717) is 37.7 Å². The van der Waals surface area contributed by atoms with Crippen molar-refractivity contribution in [2.45, 2.75) is 17.9 Å². The first-order valence-corrected chi connectivity index (χ1v) is 7.87. The van der Waals surface area contributed by atoms with Crippen LogP contribution in [0.1, 0.15) is 12.1 Å². The molecule has 1 fully saturated rings. The molecule has 0 radical (unpaired) electrons. The molecule has 1 saturated heterocycles. The van der Waals surface area contributed by atoms with Crippen LogP contribution in [0.25, 0.3) is 0 Å². The van der Waals surface area contributed by atoms with Crippen LogP contribution in [0.15, 0.2) is 17.2 Å². The van der Waals surface area contributed by atoms with Crippen LogP contribution in [0, 0.1) is 0 Å². The van der Waals surface area contributed by atoms with Crippen LogP contribution >= 0.6 is 0 Å². The quantitative estimate of drug-likeness (QED) is 0.856. The monoisotopic (exact) mass is 287 g/mol. The van der Waals surface area contributed by atoms with E-state index < -0.39 is 10.0 Å². The summed E-state index contributed by atoms with van der Waals surface area (Å²) in [5, 5.41) is 3.03. The lowest BCUT2D eigenvalue weighted by atomic mass is 10.4. The minimum Gasteiger partial charge on any atom is -0.380 e. The first kappa shape index (κ1) is 14.5. The molecule has 2 rings (SSSR count). The Morgan fingerprint density at radius 2 is 2.16 bits per heavy atom. The average Bonchev–Trinajstić information content (AvgIpc) is 2.61. The molecule has 0 aliphatic carbocycles. The van der Waals surface area contributed by atoms with Crippen molar-refractivity contribution < 1.29 is 13.2 Å². The lowest BCUT2D eigenvalue weighted by molar-refractivity contribution is 0.148. The van der Waals surface area contributed by atoms with E-state index in [1.807, 2.05) is 18.7 Å². The smallest absolute Gasteiger partial charge is 0.244 e. The summed E-state index contributed by atoms with van der Waals surface area (Å²) in [5.41, 5.74) is 0.951. The van der Waals surface area contributed by atoms with Crippen molar-refractivity contribution in [2.24, 2.45) is 7.05 Å². The highest BCUT2D eigenvalue weighted by atomic mass is 32.2. The number of nitrogens with zero attached hydrogens (tertiary/aromatic N) is 2. The van der Waals surface area contributed by atoms with E-state index in [1.165, 1.54) is 4.31 Å². The molecule has 0 aromatic carbocycles. The zero-order valence-corrected chi connectivity index (χ0v) is 12.2. The third kappa shape index (κ3) is 3.17. The van der Waals surface area contributed by atoms with Crippen LogP contribution in [-0.2, 0) is 28.4 Å². The molecule has 1 aromatic heterocycles. The molecule has 0 atom stereocenters. The van der Waals surface area contributed by atoms with Crippen molar-refractivity contribution in [1.29, 1.82) is 0 Å². The molecule has 1 aliphatic rings. The Hall–Kier alpha value is -0.890.